The molecule has 152 valence electrons. The number of hydrogen-bond donors (Lipinski definition) is 1. The Hall–Kier alpha value is -2.85. The van der Waals surface area contributed by atoms with Crippen LogP contribution in [0.1, 0.15) is 21.3 Å². The first-order valence-corrected chi connectivity index (χ1v) is 9.19. The van der Waals surface area contributed by atoms with Gasteiger partial charge in [-0.05, 0) is 25.5 Å². The molecule has 0 radical (unpaired) electrons. The minimum atomic E-state index is -0.668. The molecule has 0 aliphatic carbocycles. The number of carbonyl (C=O) groups is 1. The summed E-state index contributed by atoms with van der Waals surface area (Å²) >= 11 is 1.57. The Labute approximate surface area is 167 Å². The molecule has 0 bridgehead atoms. The number of hydrogen-bond acceptors (Lipinski definition) is 8. The van der Waals surface area contributed by atoms with Gasteiger partial charge in [0.15, 0.2) is 5.75 Å². The van der Waals surface area contributed by atoms with Crippen molar-refractivity contribution in [2.45, 2.75) is 6.04 Å². The lowest BCUT2D eigenvalue weighted by Gasteiger charge is -2.23. The molecule has 10 heteroatoms. The van der Waals surface area contributed by atoms with Crippen LogP contribution in [0.4, 0.5) is 5.69 Å². The highest BCUT2D eigenvalue weighted by molar-refractivity contribution is 7.10. The summed E-state index contributed by atoms with van der Waals surface area (Å²) in [6.07, 6.45) is 0. The molecule has 0 spiro atoms. The van der Waals surface area contributed by atoms with Gasteiger partial charge in [-0.1, -0.05) is 6.07 Å². The number of nitrogens with one attached hydrogen (secondary N) is 1. The van der Waals surface area contributed by atoms with Gasteiger partial charge in [-0.25, -0.2) is 0 Å². The summed E-state index contributed by atoms with van der Waals surface area (Å²) in [5.41, 5.74) is -0.640. The van der Waals surface area contributed by atoms with Crippen molar-refractivity contribution in [3.63, 3.8) is 0 Å². The minimum absolute atomic E-state index is 0.0537. The summed E-state index contributed by atoms with van der Waals surface area (Å²) in [7, 11) is 7.79. The smallest absolute Gasteiger partial charge is 0.327 e. The van der Waals surface area contributed by atoms with Crippen LogP contribution in [-0.4, -0.2) is 57.7 Å². The molecule has 0 saturated carbocycles. The predicted octanol–water partition coefficient (Wildman–Crippen LogP) is 2.71. The van der Waals surface area contributed by atoms with E-state index in [1.165, 1.54) is 27.4 Å². The molecule has 0 saturated heterocycles. The Morgan fingerprint density at radius 1 is 1.25 bits per heavy atom. The summed E-state index contributed by atoms with van der Waals surface area (Å²) in [4.78, 5) is 26.8. The Morgan fingerprint density at radius 2 is 1.93 bits per heavy atom. The van der Waals surface area contributed by atoms with Gasteiger partial charge in [0.1, 0.15) is 5.56 Å². The van der Waals surface area contributed by atoms with Crippen molar-refractivity contribution in [1.29, 1.82) is 0 Å². The Balaban J connectivity index is 2.40. The molecule has 1 N–H and O–H groups in total. The quantitative estimate of drug-likeness (QED) is 0.502. The highest BCUT2D eigenvalue weighted by Crippen LogP contribution is 2.46. The van der Waals surface area contributed by atoms with E-state index in [0.717, 1.165) is 4.88 Å². The molecule has 0 fully saturated rings. The van der Waals surface area contributed by atoms with Crippen LogP contribution in [0.3, 0.4) is 0 Å². The lowest BCUT2D eigenvalue weighted by molar-refractivity contribution is -0.386. The molecule has 28 heavy (non-hydrogen) atoms. The molecule has 1 aromatic heterocycles. The van der Waals surface area contributed by atoms with Crippen molar-refractivity contribution < 1.29 is 23.9 Å². The Bertz CT molecular complexity index is 838. The zero-order valence-electron chi connectivity index (χ0n) is 16.3. The average molecular weight is 409 g/mol. The number of nitro groups is 1. The van der Waals surface area contributed by atoms with E-state index in [9.17, 15) is 14.9 Å². The van der Waals surface area contributed by atoms with Crippen LogP contribution in [0.5, 0.6) is 17.2 Å². The number of carbonyl (C=O) groups excluding carboxylic acids is 1. The van der Waals surface area contributed by atoms with Crippen LogP contribution >= 0.6 is 11.3 Å². The molecule has 1 atom stereocenters. The van der Waals surface area contributed by atoms with Crippen LogP contribution in [0.15, 0.2) is 23.6 Å². The molecule has 1 amide bonds. The molecular formula is C18H23N3O6S. The molecule has 1 aromatic carbocycles. The number of nitrogens with zero attached hydrogens (tertiary/aromatic N) is 2. The van der Waals surface area contributed by atoms with Crippen molar-refractivity contribution in [2.75, 3.05) is 42.0 Å². The zero-order chi connectivity index (χ0) is 20.8. The third kappa shape index (κ3) is 4.34. The maximum absolute atomic E-state index is 12.8. The third-order valence-corrected chi connectivity index (χ3v) is 5.16. The molecule has 9 nitrogen and oxygen atoms in total. The van der Waals surface area contributed by atoms with Crippen molar-refractivity contribution in [1.82, 2.24) is 10.2 Å². The van der Waals surface area contributed by atoms with E-state index in [1.54, 1.807) is 11.3 Å². The highest BCUT2D eigenvalue weighted by Gasteiger charge is 2.32. The van der Waals surface area contributed by atoms with Crippen LogP contribution < -0.4 is 19.5 Å². The fourth-order valence-electron chi connectivity index (χ4n) is 2.80. The summed E-state index contributed by atoms with van der Waals surface area (Å²) in [6, 6.07) is 5.13. The van der Waals surface area contributed by atoms with Gasteiger partial charge in [-0.15, -0.1) is 11.3 Å². The molecular weight excluding hydrogens is 386 g/mol. The van der Waals surface area contributed by atoms with Crippen molar-refractivity contribution in [3.8, 4) is 17.2 Å². The second-order valence-electron chi connectivity index (χ2n) is 6.00. The normalized spacial score (nSPS) is 11.8. The van der Waals surface area contributed by atoms with Crippen LogP contribution in [0.25, 0.3) is 0 Å². The van der Waals surface area contributed by atoms with E-state index in [0.29, 0.717) is 0 Å². The number of likely N-dealkylation sites (N-methyl/N-ethyl adjacent to an activating group) is 1. The van der Waals surface area contributed by atoms with E-state index in [4.69, 9.17) is 14.2 Å². The van der Waals surface area contributed by atoms with E-state index in [-0.39, 0.29) is 35.4 Å². The van der Waals surface area contributed by atoms with Gasteiger partial charge in [0.05, 0.1) is 32.3 Å². The standard InChI is InChI=1S/C18H23N3O6S/c1-20(2)12(14-7-6-8-28-14)10-19-18(22)11-9-13(25-3)16(26-4)17(27-5)15(11)21(23)24/h6-9,12H,10H2,1-5H3,(H,19,22). The van der Waals surface area contributed by atoms with E-state index < -0.39 is 16.5 Å². The van der Waals surface area contributed by atoms with Crippen LogP contribution in [0.2, 0.25) is 0 Å². The van der Waals surface area contributed by atoms with E-state index in [2.05, 4.69) is 5.32 Å². The second-order valence-corrected chi connectivity index (χ2v) is 6.98. The first-order chi connectivity index (χ1) is 13.3. The summed E-state index contributed by atoms with van der Waals surface area (Å²) in [5, 5.41) is 16.4. The fraction of sp³-hybridized carbons (Fsp3) is 0.389. The van der Waals surface area contributed by atoms with Crippen molar-refractivity contribution >= 4 is 22.9 Å². The monoisotopic (exact) mass is 409 g/mol. The predicted molar refractivity (Wildman–Crippen MR) is 106 cm³/mol. The lowest BCUT2D eigenvalue weighted by Crippen LogP contribution is -2.34. The third-order valence-electron chi connectivity index (χ3n) is 4.18. The fourth-order valence-corrected chi connectivity index (χ4v) is 3.72. The maximum Gasteiger partial charge on any atom is 0.327 e. The van der Waals surface area contributed by atoms with Crippen molar-refractivity contribution in [3.05, 3.63) is 44.1 Å². The first kappa shape index (κ1) is 21.5. The molecule has 0 aliphatic heterocycles. The van der Waals surface area contributed by atoms with Gasteiger partial charge in [-0.3, -0.25) is 14.9 Å². The second kappa shape index (κ2) is 9.38. The van der Waals surface area contributed by atoms with Gasteiger partial charge in [0.2, 0.25) is 11.5 Å². The molecule has 1 heterocycles. The topological polar surface area (TPSA) is 103 Å². The van der Waals surface area contributed by atoms with Gasteiger partial charge >= 0.3 is 5.69 Å². The number of ether oxygens (including phenoxy) is 3. The van der Waals surface area contributed by atoms with Gasteiger partial charge in [0.25, 0.3) is 5.91 Å². The van der Waals surface area contributed by atoms with E-state index >= 15 is 0 Å². The lowest BCUT2D eigenvalue weighted by atomic mass is 10.1. The Morgan fingerprint density at radius 3 is 2.39 bits per heavy atom. The summed E-state index contributed by atoms with van der Waals surface area (Å²) in [5.74, 6) is -0.552. The molecule has 0 aliphatic rings. The maximum atomic E-state index is 12.8. The number of amides is 1. The number of methoxy groups -OCH3 is 3. The number of benzene rings is 1. The number of rotatable bonds is 9. The van der Waals surface area contributed by atoms with Gasteiger partial charge in [0, 0.05) is 17.5 Å². The van der Waals surface area contributed by atoms with Crippen molar-refractivity contribution in [2.24, 2.45) is 0 Å². The Kier molecular flexibility index (Phi) is 7.18. The SMILES string of the molecule is COc1cc(C(=O)NCC(c2cccs2)N(C)C)c([N+](=O)[O-])c(OC)c1OC. The number of thiophene rings is 1. The number of nitro benzene ring substituents is 1. The largest absolute Gasteiger partial charge is 0.493 e. The zero-order valence-corrected chi connectivity index (χ0v) is 17.2. The first-order valence-electron chi connectivity index (χ1n) is 8.31. The molecule has 2 rings (SSSR count). The molecule has 1 unspecified atom stereocenters. The average Bonchev–Trinajstić information content (AvgIpc) is 3.19. The summed E-state index contributed by atoms with van der Waals surface area (Å²) < 4.78 is 15.5. The van der Waals surface area contributed by atoms with E-state index in [1.807, 2.05) is 36.5 Å². The van der Waals surface area contributed by atoms with Gasteiger partial charge in [-0.2, -0.15) is 0 Å². The van der Waals surface area contributed by atoms with Crippen LogP contribution in [0, 0.1) is 10.1 Å². The molecule has 2 aromatic rings. The van der Waals surface area contributed by atoms with Crippen LogP contribution in [-0.2, 0) is 0 Å². The minimum Gasteiger partial charge on any atom is -0.493 e. The summed E-state index contributed by atoms with van der Waals surface area (Å²) in [6.45, 7) is 0.278. The highest BCUT2D eigenvalue weighted by atomic mass is 32.1. The van der Waals surface area contributed by atoms with Gasteiger partial charge < -0.3 is 24.4 Å².